The number of carbonyl (C=O) groups excluding carboxylic acids is 1. The lowest BCUT2D eigenvalue weighted by Crippen LogP contribution is -2.44. The molecule has 0 aliphatic rings. The van der Waals surface area contributed by atoms with E-state index < -0.39 is 0 Å². The van der Waals surface area contributed by atoms with Gasteiger partial charge in [-0.3, -0.25) is 15.6 Å². The van der Waals surface area contributed by atoms with Gasteiger partial charge in [0.15, 0.2) is 5.11 Å². The van der Waals surface area contributed by atoms with E-state index in [9.17, 15) is 4.79 Å². The molecule has 1 aromatic heterocycles. The maximum absolute atomic E-state index is 12.5. The van der Waals surface area contributed by atoms with Crippen LogP contribution in [0.1, 0.15) is 10.4 Å². The molecule has 0 saturated heterocycles. The van der Waals surface area contributed by atoms with E-state index >= 15 is 0 Å². The topological polar surface area (TPSA) is 58.1 Å². The second-order valence-electron chi connectivity index (χ2n) is 5.15. The number of halogens is 1. The molecule has 0 spiro atoms. The predicted molar refractivity (Wildman–Crippen MR) is 104 cm³/mol. The Hall–Kier alpha value is -2.83. The van der Waals surface area contributed by atoms with Crippen molar-refractivity contribution in [3.05, 3.63) is 83.6 Å². The van der Waals surface area contributed by atoms with Crippen molar-refractivity contribution in [3.8, 4) is 5.69 Å². The van der Waals surface area contributed by atoms with Crippen LogP contribution in [0, 0.1) is 0 Å². The summed E-state index contributed by atoms with van der Waals surface area (Å²) in [6.07, 6.45) is 3.76. The number of amides is 1. The zero-order chi connectivity index (χ0) is 17.6. The van der Waals surface area contributed by atoms with Crippen molar-refractivity contribution >= 4 is 40.5 Å². The summed E-state index contributed by atoms with van der Waals surface area (Å²) >= 11 is 11.1. The summed E-state index contributed by atoms with van der Waals surface area (Å²) in [5.74, 6) is -0.292. The average molecular weight is 371 g/mol. The minimum atomic E-state index is -0.292. The summed E-state index contributed by atoms with van der Waals surface area (Å²) < 4.78 is 1.87. The molecule has 1 heterocycles. The molecule has 1 amide bonds. The fourth-order valence-electron chi connectivity index (χ4n) is 2.30. The Morgan fingerprint density at radius 1 is 0.960 bits per heavy atom. The Bertz CT molecular complexity index is 896. The van der Waals surface area contributed by atoms with Gasteiger partial charge in [0.1, 0.15) is 0 Å². The third-order valence-corrected chi connectivity index (χ3v) is 3.84. The second-order valence-corrected chi connectivity index (χ2v) is 6.00. The minimum Gasteiger partial charge on any atom is -0.331 e. The first-order valence-corrected chi connectivity index (χ1v) is 8.27. The Morgan fingerprint density at radius 3 is 2.48 bits per heavy atom. The third-order valence-electron chi connectivity index (χ3n) is 3.40. The van der Waals surface area contributed by atoms with Crippen molar-refractivity contribution in [2.24, 2.45) is 0 Å². The van der Waals surface area contributed by atoms with Gasteiger partial charge in [-0.1, -0.05) is 29.8 Å². The normalized spacial score (nSPS) is 10.1. The molecule has 126 valence electrons. The zero-order valence-corrected chi connectivity index (χ0v) is 14.6. The van der Waals surface area contributed by atoms with Crippen LogP contribution in [-0.2, 0) is 0 Å². The lowest BCUT2D eigenvalue weighted by Gasteiger charge is -2.14. The number of anilines is 1. The molecule has 2 aromatic carbocycles. The molecule has 0 unspecified atom stereocenters. The van der Waals surface area contributed by atoms with Crippen LogP contribution in [0.25, 0.3) is 5.69 Å². The number of carbonyl (C=O) groups is 1. The highest BCUT2D eigenvalue weighted by Crippen LogP contribution is 2.15. The summed E-state index contributed by atoms with van der Waals surface area (Å²) in [5.41, 5.74) is 7.32. The molecular weight excluding hydrogens is 356 g/mol. The van der Waals surface area contributed by atoms with E-state index in [0.717, 1.165) is 11.4 Å². The van der Waals surface area contributed by atoms with E-state index in [4.69, 9.17) is 23.8 Å². The highest BCUT2D eigenvalue weighted by atomic mass is 35.5. The SMILES string of the molecule is O=C(NNC(=S)Nc1cccc(Cl)c1)c1ccccc1-n1cccc1. The molecule has 5 nitrogen and oxygen atoms in total. The molecule has 3 aromatic rings. The van der Waals surface area contributed by atoms with Gasteiger partial charge in [-0.05, 0) is 54.7 Å². The zero-order valence-electron chi connectivity index (χ0n) is 13.1. The summed E-state index contributed by atoms with van der Waals surface area (Å²) in [5, 5.41) is 3.80. The fraction of sp³-hybridized carbons (Fsp3) is 0. The average Bonchev–Trinajstić information content (AvgIpc) is 3.14. The standard InChI is InChI=1S/C18H15ClN4OS/c19-13-6-5-7-14(12-13)20-18(25)22-21-17(24)15-8-1-2-9-16(15)23-10-3-4-11-23/h1-12H,(H,21,24)(H2,20,22,25). The first-order valence-electron chi connectivity index (χ1n) is 7.49. The number of benzene rings is 2. The summed E-state index contributed by atoms with van der Waals surface area (Å²) in [7, 11) is 0. The number of hydrazine groups is 1. The van der Waals surface area contributed by atoms with Crippen molar-refractivity contribution in [1.82, 2.24) is 15.4 Å². The van der Waals surface area contributed by atoms with E-state index in [2.05, 4.69) is 16.2 Å². The quantitative estimate of drug-likeness (QED) is 0.485. The van der Waals surface area contributed by atoms with Gasteiger partial charge in [-0.15, -0.1) is 0 Å². The van der Waals surface area contributed by atoms with Gasteiger partial charge < -0.3 is 9.88 Å². The van der Waals surface area contributed by atoms with Crippen LogP contribution in [0.4, 0.5) is 5.69 Å². The lowest BCUT2D eigenvalue weighted by atomic mass is 10.1. The number of rotatable bonds is 3. The van der Waals surface area contributed by atoms with E-state index in [1.807, 2.05) is 53.4 Å². The number of thiocarbonyl (C=S) groups is 1. The van der Waals surface area contributed by atoms with Crippen molar-refractivity contribution < 1.29 is 4.79 Å². The van der Waals surface area contributed by atoms with Crippen molar-refractivity contribution in [1.29, 1.82) is 0 Å². The van der Waals surface area contributed by atoms with E-state index in [1.54, 1.807) is 24.3 Å². The Morgan fingerprint density at radius 2 is 1.72 bits per heavy atom. The van der Waals surface area contributed by atoms with E-state index in [1.165, 1.54) is 0 Å². The molecule has 25 heavy (non-hydrogen) atoms. The maximum atomic E-state index is 12.5. The smallest absolute Gasteiger partial charge is 0.271 e. The molecule has 0 fully saturated rings. The number of nitrogens with zero attached hydrogens (tertiary/aromatic N) is 1. The van der Waals surface area contributed by atoms with Gasteiger partial charge in [-0.25, -0.2) is 0 Å². The molecule has 0 atom stereocenters. The Balaban J connectivity index is 1.64. The van der Waals surface area contributed by atoms with Gasteiger partial charge in [0.25, 0.3) is 5.91 Å². The highest BCUT2D eigenvalue weighted by molar-refractivity contribution is 7.80. The summed E-state index contributed by atoms with van der Waals surface area (Å²) in [6.45, 7) is 0. The predicted octanol–water partition coefficient (Wildman–Crippen LogP) is 3.76. The minimum absolute atomic E-state index is 0.258. The monoisotopic (exact) mass is 370 g/mol. The lowest BCUT2D eigenvalue weighted by molar-refractivity contribution is 0.0944. The van der Waals surface area contributed by atoms with Crippen LogP contribution in [0.15, 0.2) is 73.1 Å². The Kier molecular flexibility index (Phi) is 5.33. The summed E-state index contributed by atoms with van der Waals surface area (Å²) in [6, 6.07) is 18.2. The first kappa shape index (κ1) is 17.0. The van der Waals surface area contributed by atoms with Gasteiger partial charge in [0.2, 0.25) is 0 Å². The molecule has 7 heteroatoms. The largest absolute Gasteiger partial charge is 0.331 e. The molecule has 0 aliphatic heterocycles. The van der Waals surface area contributed by atoms with Crippen LogP contribution >= 0.6 is 23.8 Å². The molecule has 0 aliphatic carbocycles. The highest BCUT2D eigenvalue weighted by Gasteiger charge is 2.12. The Labute approximate surface area is 155 Å². The van der Waals surface area contributed by atoms with Gasteiger partial charge in [0, 0.05) is 23.1 Å². The fourth-order valence-corrected chi connectivity index (χ4v) is 2.65. The van der Waals surface area contributed by atoms with Gasteiger partial charge in [-0.2, -0.15) is 0 Å². The molecule has 3 N–H and O–H groups in total. The van der Waals surface area contributed by atoms with E-state index in [0.29, 0.717) is 10.6 Å². The molecule has 0 saturated carbocycles. The molecular formula is C18H15ClN4OS. The third kappa shape index (κ3) is 4.37. The number of hydrogen-bond acceptors (Lipinski definition) is 2. The van der Waals surface area contributed by atoms with Crippen molar-refractivity contribution in [2.75, 3.05) is 5.32 Å². The molecule has 0 radical (unpaired) electrons. The van der Waals surface area contributed by atoms with Crippen LogP contribution in [0.3, 0.4) is 0 Å². The summed E-state index contributed by atoms with van der Waals surface area (Å²) in [4.78, 5) is 12.5. The maximum Gasteiger partial charge on any atom is 0.271 e. The van der Waals surface area contributed by atoms with Crippen LogP contribution in [0.5, 0.6) is 0 Å². The first-order chi connectivity index (χ1) is 12.1. The number of hydrogen-bond donors (Lipinski definition) is 3. The van der Waals surface area contributed by atoms with Crippen LogP contribution < -0.4 is 16.2 Å². The van der Waals surface area contributed by atoms with Gasteiger partial charge >= 0.3 is 0 Å². The second kappa shape index (κ2) is 7.83. The van der Waals surface area contributed by atoms with Crippen molar-refractivity contribution in [2.45, 2.75) is 0 Å². The number of aromatic nitrogens is 1. The van der Waals surface area contributed by atoms with Crippen LogP contribution in [0.2, 0.25) is 5.02 Å². The molecule has 0 bridgehead atoms. The van der Waals surface area contributed by atoms with E-state index in [-0.39, 0.29) is 11.0 Å². The number of nitrogens with one attached hydrogen (secondary N) is 3. The number of para-hydroxylation sites is 1. The van der Waals surface area contributed by atoms with Gasteiger partial charge in [0.05, 0.1) is 11.3 Å². The van der Waals surface area contributed by atoms with Crippen molar-refractivity contribution in [3.63, 3.8) is 0 Å². The van der Waals surface area contributed by atoms with Crippen LogP contribution in [-0.4, -0.2) is 15.6 Å². The molecule has 3 rings (SSSR count).